The van der Waals surface area contributed by atoms with Gasteiger partial charge in [-0.05, 0) is 37.5 Å². The lowest BCUT2D eigenvalue weighted by Gasteiger charge is -2.09. The van der Waals surface area contributed by atoms with Gasteiger partial charge in [0.15, 0.2) is 0 Å². The third-order valence-corrected chi connectivity index (χ3v) is 3.06. The van der Waals surface area contributed by atoms with Crippen LogP contribution in [-0.2, 0) is 0 Å². The zero-order valence-electron chi connectivity index (χ0n) is 9.76. The lowest BCUT2D eigenvalue weighted by molar-refractivity contribution is 1.20. The Morgan fingerprint density at radius 1 is 1.19 bits per heavy atom. The highest BCUT2D eigenvalue weighted by atomic mass is 15.3. The predicted octanol–water partition coefficient (Wildman–Crippen LogP) is 2.29. The van der Waals surface area contributed by atoms with E-state index < -0.39 is 0 Å². The van der Waals surface area contributed by atoms with Crippen molar-refractivity contribution in [1.82, 2.24) is 9.97 Å². The molecule has 2 rings (SSSR count). The highest BCUT2D eigenvalue weighted by Gasteiger charge is 2.08. The number of aromatic nitrogens is 2. The average molecular weight is 216 g/mol. The molecule has 0 aliphatic rings. The van der Waals surface area contributed by atoms with Crippen molar-refractivity contribution in [2.45, 2.75) is 20.8 Å². The van der Waals surface area contributed by atoms with Gasteiger partial charge in [0.25, 0.3) is 0 Å². The van der Waals surface area contributed by atoms with Crippen molar-refractivity contribution in [3.05, 3.63) is 35.0 Å². The summed E-state index contributed by atoms with van der Waals surface area (Å²) < 4.78 is 0. The maximum atomic E-state index is 5.29. The molecule has 0 fully saturated rings. The number of imidazole rings is 1. The molecular formula is C12H16N4. The summed E-state index contributed by atoms with van der Waals surface area (Å²) in [5.41, 5.74) is 8.53. The molecule has 0 radical (unpaired) electrons. The van der Waals surface area contributed by atoms with Gasteiger partial charge in [0, 0.05) is 5.56 Å². The summed E-state index contributed by atoms with van der Waals surface area (Å²) in [6.45, 7) is 6.37. The molecule has 0 aliphatic carbocycles. The van der Waals surface area contributed by atoms with Crippen LogP contribution in [0.2, 0.25) is 0 Å². The molecule has 4 heteroatoms. The lowest BCUT2D eigenvalue weighted by atomic mass is 9.97. The second-order valence-electron chi connectivity index (χ2n) is 3.97. The molecule has 0 atom stereocenters. The average Bonchev–Trinajstić information content (AvgIpc) is 2.74. The number of nitrogen functional groups attached to an aromatic ring is 1. The number of nitrogens with two attached hydrogens (primary N) is 1. The Balaban J connectivity index is 2.52. The second-order valence-corrected chi connectivity index (χ2v) is 3.97. The van der Waals surface area contributed by atoms with E-state index >= 15 is 0 Å². The molecule has 4 nitrogen and oxygen atoms in total. The molecule has 0 saturated heterocycles. The van der Waals surface area contributed by atoms with Crippen LogP contribution >= 0.6 is 0 Å². The maximum Gasteiger partial charge on any atom is 0.215 e. The molecule has 0 aliphatic heterocycles. The van der Waals surface area contributed by atoms with E-state index in [1.165, 1.54) is 16.7 Å². The Labute approximate surface area is 94.9 Å². The molecule has 1 aromatic heterocycles. The molecular weight excluding hydrogens is 200 g/mol. The molecule has 16 heavy (non-hydrogen) atoms. The van der Waals surface area contributed by atoms with Gasteiger partial charge in [-0.3, -0.25) is 5.43 Å². The Hall–Kier alpha value is -1.81. The van der Waals surface area contributed by atoms with Gasteiger partial charge in [-0.2, -0.15) is 0 Å². The van der Waals surface area contributed by atoms with Crippen molar-refractivity contribution < 1.29 is 0 Å². The number of rotatable bonds is 2. The number of anilines is 1. The second kappa shape index (κ2) is 3.98. The highest BCUT2D eigenvalue weighted by molar-refractivity contribution is 5.66. The summed E-state index contributed by atoms with van der Waals surface area (Å²) in [6, 6.07) is 4.22. The van der Waals surface area contributed by atoms with E-state index in [1.54, 1.807) is 6.20 Å². The van der Waals surface area contributed by atoms with Crippen LogP contribution in [0.4, 0.5) is 5.95 Å². The molecule has 4 N–H and O–H groups in total. The number of benzene rings is 1. The van der Waals surface area contributed by atoms with E-state index in [-0.39, 0.29) is 0 Å². The van der Waals surface area contributed by atoms with E-state index in [2.05, 4.69) is 48.3 Å². The minimum Gasteiger partial charge on any atom is -0.323 e. The molecule has 84 valence electrons. The van der Waals surface area contributed by atoms with Crippen molar-refractivity contribution in [3.8, 4) is 11.3 Å². The summed E-state index contributed by atoms with van der Waals surface area (Å²) in [7, 11) is 0. The Bertz CT molecular complexity index is 514. The Kier molecular flexibility index (Phi) is 2.66. The number of hydrazine groups is 1. The van der Waals surface area contributed by atoms with Gasteiger partial charge in [-0.15, -0.1) is 0 Å². The van der Waals surface area contributed by atoms with Crippen molar-refractivity contribution in [2.75, 3.05) is 5.43 Å². The van der Waals surface area contributed by atoms with Gasteiger partial charge in [-0.1, -0.05) is 12.1 Å². The smallest absolute Gasteiger partial charge is 0.215 e. The largest absolute Gasteiger partial charge is 0.323 e. The third-order valence-electron chi connectivity index (χ3n) is 3.06. The predicted molar refractivity (Wildman–Crippen MR) is 66.0 cm³/mol. The number of nitrogens with one attached hydrogen (secondary N) is 2. The van der Waals surface area contributed by atoms with Crippen LogP contribution in [0.25, 0.3) is 11.3 Å². The van der Waals surface area contributed by atoms with E-state index in [1.807, 2.05) is 0 Å². The normalized spacial score (nSPS) is 10.5. The Morgan fingerprint density at radius 2 is 1.94 bits per heavy atom. The summed E-state index contributed by atoms with van der Waals surface area (Å²) in [4.78, 5) is 7.23. The summed E-state index contributed by atoms with van der Waals surface area (Å²) in [6.07, 6.45) is 1.78. The number of aryl methyl sites for hydroxylation is 1. The first kappa shape index (κ1) is 10.7. The molecule has 0 unspecified atom stereocenters. The van der Waals surface area contributed by atoms with Crippen molar-refractivity contribution in [2.24, 2.45) is 5.84 Å². The van der Waals surface area contributed by atoms with E-state index in [0.717, 1.165) is 11.3 Å². The van der Waals surface area contributed by atoms with Crippen molar-refractivity contribution in [1.29, 1.82) is 0 Å². The van der Waals surface area contributed by atoms with E-state index in [9.17, 15) is 0 Å². The summed E-state index contributed by atoms with van der Waals surface area (Å²) >= 11 is 0. The van der Waals surface area contributed by atoms with Crippen LogP contribution in [0.3, 0.4) is 0 Å². The SMILES string of the molecule is Cc1ccc(-c2cnc(NN)[nH]2)c(C)c1C. The third kappa shape index (κ3) is 1.67. The zero-order valence-corrected chi connectivity index (χ0v) is 9.76. The number of H-pyrrole nitrogens is 1. The maximum absolute atomic E-state index is 5.29. The van der Waals surface area contributed by atoms with Crippen molar-refractivity contribution in [3.63, 3.8) is 0 Å². The number of aromatic amines is 1. The van der Waals surface area contributed by atoms with Gasteiger partial charge in [0.05, 0.1) is 11.9 Å². The van der Waals surface area contributed by atoms with Gasteiger partial charge < -0.3 is 4.98 Å². The van der Waals surface area contributed by atoms with Gasteiger partial charge in [0.1, 0.15) is 0 Å². The zero-order chi connectivity index (χ0) is 11.7. The van der Waals surface area contributed by atoms with Crippen LogP contribution in [0.5, 0.6) is 0 Å². The topological polar surface area (TPSA) is 66.7 Å². The monoisotopic (exact) mass is 216 g/mol. The van der Waals surface area contributed by atoms with Crippen LogP contribution in [0.15, 0.2) is 18.3 Å². The molecule has 0 saturated carbocycles. The first-order valence-corrected chi connectivity index (χ1v) is 5.22. The lowest BCUT2D eigenvalue weighted by Crippen LogP contribution is -2.07. The number of hydrogen-bond donors (Lipinski definition) is 3. The van der Waals surface area contributed by atoms with Crippen molar-refractivity contribution >= 4 is 5.95 Å². The molecule has 0 bridgehead atoms. The Morgan fingerprint density at radius 3 is 2.56 bits per heavy atom. The fourth-order valence-corrected chi connectivity index (χ4v) is 1.78. The summed E-state index contributed by atoms with van der Waals surface area (Å²) in [5.74, 6) is 5.87. The van der Waals surface area contributed by atoms with Gasteiger partial charge >= 0.3 is 0 Å². The molecule has 2 aromatic rings. The minimum absolute atomic E-state index is 0.577. The van der Waals surface area contributed by atoms with Crippen LogP contribution < -0.4 is 11.3 Å². The quantitative estimate of drug-likeness (QED) is 0.533. The van der Waals surface area contributed by atoms with Crippen LogP contribution in [-0.4, -0.2) is 9.97 Å². The molecule has 1 aromatic carbocycles. The van der Waals surface area contributed by atoms with Crippen LogP contribution in [0.1, 0.15) is 16.7 Å². The fraction of sp³-hybridized carbons (Fsp3) is 0.250. The van der Waals surface area contributed by atoms with Crippen LogP contribution in [0, 0.1) is 20.8 Å². The molecule has 1 heterocycles. The highest BCUT2D eigenvalue weighted by Crippen LogP contribution is 2.26. The standard InChI is InChI=1S/C12H16N4/c1-7-4-5-10(9(3)8(7)2)11-6-14-12(15-11)16-13/h4-6H,13H2,1-3H3,(H2,14,15,16). The van der Waals surface area contributed by atoms with Gasteiger partial charge in [-0.25, -0.2) is 10.8 Å². The number of hydrogen-bond acceptors (Lipinski definition) is 3. The van der Waals surface area contributed by atoms with Gasteiger partial charge in [0.2, 0.25) is 5.95 Å². The van der Waals surface area contributed by atoms with E-state index in [0.29, 0.717) is 5.95 Å². The fourth-order valence-electron chi connectivity index (χ4n) is 1.78. The van der Waals surface area contributed by atoms with E-state index in [4.69, 9.17) is 5.84 Å². The minimum atomic E-state index is 0.577. The summed E-state index contributed by atoms with van der Waals surface area (Å²) in [5, 5.41) is 0. The first-order chi connectivity index (χ1) is 7.63. The molecule has 0 amide bonds. The first-order valence-electron chi connectivity index (χ1n) is 5.22. The molecule has 0 spiro atoms. The number of nitrogens with zero attached hydrogens (tertiary/aromatic N) is 1.